The summed E-state index contributed by atoms with van der Waals surface area (Å²) in [5, 5.41) is 3.44. The van der Waals surface area contributed by atoms with Gasteiger partial charge in [-0.3, -0.25) is 0 Å². The summed E-state index contributed by atoms with van der Waals surface area (Å²) in [4.78, 5) is 0. The van der Waals surface area contributed by atoms with Crippen LogP contribution >= 0.6 is 0 Å². The lowest BCUT2D eigenvalue weighted by molar-refractivity contribution is 0.934. The van der Waals surface area contributed by atoms with Crippen LogP contribution < -0.4 is 5.32 Å². The summed E-state index contributed by atoms with van der Waals surface area (Å²) in [7, 11) is 0. The van der Waals surface area contributed by atoms with E-state index in [1.54, 1.807) is 0 Å². The van der Waals surface area contributed by atoms with E-state index in [0.29, 0.717) is 0 Å². The largest absolute Gasteiger partial charge is 0.385 e. The maximum absolute atomic E-state index is 3.44. The first kappa shape index (κ1) is 13.6. The summed E-state index contributed by atoms with van der Waals surface area (Å²) in [6.07, 6.45) is 8.61. The molecule has 0 radical (unpaired) electrons. The van der Waals surface area contributed by atoms with Gasteiger partial charge in [0.1, 0.15) is 0 Å². The Labute approximate surface area is 105 Å². The van der Waals surface area contributed by atoms with E-state index in [9.17, 15) is 0 Å². The molecule has 0 aromatic heterocycles. The van der Waals surface area contributed by atoms with Gasteiger partial charge < -0.3 is 5.32 Å². The van der Waals surface area contributed by atoms with Gasteiger partial charge in [-0.15, -0.1) is 0 Å². The molecule has 0 saturated heterocycles. The molecule has 0 atom stereocenters. The molecule has 0 aliphatic carbocycles. The zero-order valence-electron chi connectivity index (χ0n) is 11.2. The molecule has 1 heteroatoms. The van der Waals surface area contributed by atoms with Crippen LogP contribution in [0.2, 0.25) is 0 Å². The maximum atomic E-state index is 3.44. The highest BCUT2D eigenvalue weighted by Crippen LogP contribution is 2.17. The van der Waals surface area contributed by atoms with Gasteiger partial charge in [0.2, 0.25) is 0 Å². The molecule has 17 heavy (non-hydrogen) atoms. The summed E-state index contributed by atoms with van der Waals surface area (Å²) >= 11 is 0. The lowest BCUT2D eigenvalue weighted by Crippen LogP contribution is -2.12. The minimum Gasteiger partial charge on any atom is -0.385 e. The maximum Gasteiger partial charge on any atom is 0.0416 e. The van der Waals surface area contributed by atoms with Crippen LogP contribution in [0.5, 0.6) is 0 Å². The minimum atomic E-state index is 0.948. The van der Waals surface area contributed by atoms with Crippen molar-refractivity contribution in [1.82, 2.24) is 5.32 Å². The highest BCUT2D eigenvalue weighted by Gasteiger charge is 2.03. The molecular formula is C16H23N. The van der Waals surface area contributed by atoms with E-state index in [1.807, 2.05) is 0 Å². The first-order valence-corrected chi connectivity index (χ1v) is 6.52. The van der Waals surface area contributed by atoms with Gasteiger partial charge in [-0.2, -0.15) is 0 Å². The van der Waals surface area contributed by atoms with Crippen LogP contribution in [0.3, 0.4) is 0 Å². The number of hydrogen-bond donors (Lipinski definition) is 1. The van der Waals surface area contributed by atoms with E-state index in [2.05, 4.69) is 68.6 Å². The van der Waals surface area contributed by atoms with E-state index in [1.165, 1.54) is 16.8 Å². The van der Waals surface area contributed by atoms with E-state index in [0.717, 1.165) is 19.4 Å². The van der Waals surface area contributed by atoms with Crippen molar-refractivity contribution in [1.29, 1.82) is 0 Å². The molecule has 0 saturated carbocycles. The van der Waals surface area contributed by atoms with Gasteiger partial charge in [0.05, 0.1) is 0 Å². The Morgan fingerprint density at radius 1 is 1.18 bits per heavy atom. The monoisotopic (exact) mass is 229 g/mol. The van der Waals surface area contributed by atoms with Gasteiger partial charge in [0.15, 0.2) is 0 Å². The Bertz CT molecular complexity index is 388. The van der Waals surface area contributed by atoms with Crippen molar-refractivity contribution in [2.75, 3.05) is 6.54 Å². The van der Waals surface area contributed by atoms with Crippen molar-refractivity contribution >= 4 is 5.70 Å². The summed E-state index contributed by atoms with van der Waals surface area (Å²) in [5.41, 5.74) is 3.93. The van der Waals surface area contributed by atoms with E-state index in [4.69, 9.17) is 0 Å². The minimum absolute atomic E-state index is 0.948. The first-order valence-electron chi connectivity index (χ1n) is 6.52. The van der Waals surface area contributed by atoms with Crippen LogP contribution in [0.25, 0.3) is 5.70 Å². The number of rotatable bonds is 6. The van der Waals surface area contributed by atoms with E-state index >= 15 is 0 Å². The van der Waals surface area contributed by atoms with Crippen LogP contribution in [-0.4, -0.2) is 6.54 Å². The zero-order valence-corrected chi connectivity index (χ0v) is 11.2. The predicted molar refractivity (Wildman–Crippen MR) is 76.9 cm³/mol. The molecule has 0 bridgehead atoms. The fourth-order valence-electron chi connectivity index (χ4n) is 1.83. The van der Waals surface area contributed by atoms with Gasteiger partial charge in [0, 0.05) is 17.8 Å². The first-order chi connectivity index (χ1) is 8.33. The molecule has 1 rings (SSSR count). The van der Waals surface area contributed by atoms with Crippen LogP contribution in [0.4, 0.5) is 0 Å². The lowest BCUT2D eigenvalue weighted by atomic mass is 10.0. The van der Waals surface area contributed by atoms with Crippen LogP contribution in [0.15, 0.2) is 42.5 Å². The van der Waals surface area contributed by atoms with Crippen molar-refractivity contribution < 1.29 is 0 Å². The van der Waals surface area contributed by atoms with Crippen molar-refractivity contribution in [2.24, 2.45) is 0 Å². The van der Waals surface area contributed by atoms with Gasteiger partial charge in [-0.25, -0.2) is 0 Å². The van der Waals surface area contributed by atoms with Crippen molar-refractivity contribution in [3.63, 3.8) is 0 Å². The predicted octanol–water partition coefficient (Wildman–Crippen LogP) is 4.17. The summed E-state index contributed by atoms with van der Waals surface area (Å²) in [6.45, 7) is 7.43. The van der Waals surface area contributed by atoms with Crippen LogP contribution in [0.1, 0.15) is 38.3 Å². The van der Waals surface area contributed by atoms with Gasteiger partial charge in [-0.05, 0) is 31.4 Å². The van der Waals surface area contributed by atoms with Crippen molar-refractivity contribution in [3.05, 3.63) is 53.6 Å². The molecule has 0 fully saturated rings. The Hall–Kier alpha value is -1.50. The number of nitrogens with one attached hydrogen (secondary N) is 1. The average Bonchev–Trinajstić information content (AvgIpc) is 2.38. The SMILES string of the molecule is CC/C=C\C=C(/NCC)c1ccccc1CC. The molecule has 1 aromatic carbocycles. The van der Waals surface area contributed by atoms with Crippen LogP contribution in [0, 0.1) is 0 Å². The van der Waals surface area contributed by atoms with Gasteiger partial charge >= 0.3 is 0 Å². The Morgan fingerprint density at radius 2 is 1.94 bits per heavy atom. The highest BCUT2D eigenvalue weighted by molar-refractivity contribution is 5.68. The van der Waals surface area contributed by atoms with E-state index in [-0.39, 0.29) is 0 Å². The Morgan fingerprint density at radius 3 is 2.59 bits per heavy atom. The van der Waals surface area contributed by atoms with Gasteiger partial charge in [0.25, 0.3) is 0 Å². The second-order valence-corrected chi connectivity index (χ2v) is 3.96. The number of allylic oxidation sites excluding steroid dienone is 3. The molecule has 92 valence electrons. The summed E-state index contributed by atoms with van der Waals surface area (Å²) < 4.78 is 0. The average molecular weight is 229 g/mol. The molecule has 1 nitrogen and oxygen atoms in total. The van der Waals surface area contributed by atoms with Crippen molar-refractivity contribution in [2.45, 2.75) is 33.6 Å². The smallest absolute Gasteiger partial charge is 0.0416 e. The molecule has 0 aliphatic rings. The Balaban J connectivity index is 3.04. The summed E-state index contributed by atoms with van der Waals surface area (Å²) in [5.74, 6) is 0. The zero-order chi connectivity index (χ0) is 12.5. The number of hydrogen-bond acceptors (Lipinski definition) is 1. The molecule has 1 aromatic rings. The molecule has 0 spiro atoms. The molecule has 0 unspecified atom stereocenters. The number of benzene rings is 1. The third kappa shape index (κ3) is 4.10. The Kier molecular flexibility index (Phi) is 6.16. The lowest BCUT2D eigenvalue weighted by Gasteiger charge is -2.12. The third-order valence-electron chi connectivity index (χ3n) is 2.69. The number of aryl methyl sites for hydroxylation is 1. The fraction of sp³-hybridized carbons (Fsp3) is 0.375. The normalized spacial score (nSPS) is 12.1. The van der Waals surface area contributed by atoms with E-state index < -0.39 is 0 Å². The topological polar surface area (TPSA) is 12.0 Å². The molecule has 0 heterocycles. The molecule has 0 aliphatic heterocycles. The standard InChI is InChI=1S/C16H23N/c1-4-7-8-13-16(17-6-3)15-12-10-9-11-14(15)5-2/h7-13,17H,4-6H2,1-3H3/b8-7-,16-13-. The third-order valence-corrected chi connectivity index (χ3v) is 2.69. The second-order valence-electron chi connectivity index (χ2n) is 3.96. The van der Waals surface area contributed by atoms with Crippen molar-refractivity contribution in [3.8, 4) is 0 Å². The summed E-state index contributed by atoms with van der Waals surface area (Å²) in [6, 6.07) is 8.59. The van der Waals surface area contributed by atoms with Crippen LogP contribution in [-0.2, 0) is 6.42 Å². The second kappa shape index (κ2) is 7.72. The molecule has 0 amide bonds. The highest BCUT2D eigenvalue weighted by atomic mass is 14.9. The molecular weight excluding hydrogens is 206 g/mol. The molecule has 1 N–H and O–H groups in total. The fourth-order valence-corrected chi connectivity index (χ4v) is 1.83. The van der Waals surface area contributed by atoms with Gasteiger partial charge in [-0.1, -0.05) is 50.3 Å². The quantitative estimate of drug-likeness (QED) is 0.722.